The first kappa shape index (κ1) is 22.4. The van der Waals surface area contributed by atoms with Gasteiger partial charge in [0, 0.05) is 42.0 Å². The molecule has 33 heavy (non-hydrogen) atoms. The largest absolute Gasteiger partial charge is 0.495 e. The molecule has 0 saturated carbocycles. The molecule has 0 unspecified atom stereocenters. The predicted molar refractivity (Wildman–Crippen MR) is 126 cm³/mol. The minimum atomic E-state index is -3.93. The highest BCUT2D eigenvalue weighted by atomic mass is 32.2. The van der Waals surface area contributed by atoms with E-state index in [4.69, 9.17) is 4.74 Å². The molecule has 9 heteroatoms. The van der Waals surface area contributed by atoms with E-state index in [1.807, 2.05) is 24.3 Å². The van der Waals surface area contributed by atoms with Gasteiger partial charge in [-0.3, -0.25) is 14.8 Å². The summed E-state index contributed by atoms with van der Waals surface area (Å²) in [5.41, 5.74) is 2.27. The normalized spacial score (nSPS) is 11.3. The number of benzene rings is 2. The summed E-state index contributed by atoms with van der Waals surface area (Å²) in [5.74, 6) is -0.301. The predicted octanol–water partition coefficient (Wildman–Crippen LogP) is 3.41. The number of methoxy groups -OCH3 is 1. The van der Waals surface area contributed by atoms with Gasteiger partial charge >= 0.3 is 0 Å². The number of nitrogens with one attached hydrogen (secondary N) is 2. The van der Waals surface area contributed by atoms with Gasteiger partial charge in [0.25, 0.3) is 5.91 Å². The molecule has 0 fully saturated rings. The lowest BCUT2D eigenvalue weighted by atomic mass is 10.1. The fraction of sp³-hybridized carbons (Fsp3) is 0.125. The van der Waals surface area contributed by atoms with Crippen LogP contribution in [0.3, 0.4) is 0 Å². The quantitative estimate of drug-likeness (QED) is 0.415. The fourth-order valence-electron chi connectivity index (χ4n) is 3.37. The molecule has 0 aliphatic rings. The monoisotopic (exact) mass is 462 g/mol. The molecule has 0 aliphatic heterocycles. The molecule has 4 rings (SSSR count). The molecule has 2 aromatic heterocycles. The molecule has 4 aromatic rings. The second-order valence-electron chi connectivity index (χ2n) is 7.16. The SMILES string of the molecule is COc1ccc(C(=O)Nc2cccc3ncccc23)cc1S(=O)(=O)NCCc1ccccn1. The van der Waals surface area contributed by atoms with Crippen molar-refractivity contribution in [3.05, 3.63) is 90.4 Å². The van der Waals surface area contributed by atoms with Crippen LogP contribution < -0.4 is 14.8 Å². The van der Waals surface area contributed by atoms with Crippen molar-refractivity contribution in [2.45, 2.75) is 11.3 Å². The van der Waals surface area contributed by atoms with Crippen molar-refractivity contribution >= 4 is 32.5 Å². The Hall–Kier alpha value is -3.82. The van der Waals surface area contributed by atoms with Gasteiger partial charge in [-0.15, -0.1) is 0 Å². The van der Waals surface area contributed by atoms with Gasteiger partial charge < -0.3 is 10.1 Å². The van der Waals surface area contributed by atoms with Crippen molar-refractivity contribution in [3.8, 4) is 5.75 Å². The summed E-state index contributed by atoms with van der Waals surface area (Å²) in [6.45, 7) is 0.155. The Morgan fingerprint density at radius 2 is 1.82 bits per heavy atom. The van der Waals surface area contributed by atoms with Crippen LogP contribution >= 0.6 is 0 Å². The molecule has 0 aliphatic carbocycles. The number of hydrogen-bond acceptors (Lipinski definition) is 6. The average molecular weight is 463 g/mol. The Bertz CT molecular complexity index is 1390. The Morgan fingerprint density at radius 3 is 2.61 bits per heavy atom. The van der Waals surface area contributed by atoms with Crippen molar-refractivity contribution in [1.82, 2.24) is 14.7 Å². The van der Waals surface area contributed by atoms with Crippen LogP contribution in [-0.4, -0.2) is 37.9 Å². The Labute approximate surface area is 191 Å². The maximum absolute atomic E-state index is 13.0. The highest BCUT2D eigenvalue weighted by Gasteiger charge is 2.22. The number of amides is 1. The van der Waals surface area contributed by atoms with Gasteiger partial charge in [0.1, 0.15) is 10.6 Å². The van der Waals surface area contributed by atoms with Crippen LogP contribution in [0.2, 0.25) is 0 Å². The summed E-state index contributed by atoms with van der Waals surface area (Å²) < 4.78 is 33.7. The molecule has 2 heterocycles. The van der Waals surface area contributed by atoms with E-state index >= 15 is 0 Å². The number of carbonyl (C=O) groups excluding carboxylic acids is 1. The van der Waals surface area contributed by atoms with E-state index in [1.54, 1.807) is 36.7 Å². The van der Waals surface area contributed by atoms with Crippen LogP contribution in [0.4, 0.5) is 5.69 Å². The Balaban J connectivity index is 1.56. The molecular formula is C24H22N4O4S. The fourth-order valence-corrected chi connectivity index (χ4v) is 4.60. The standard InChI is InChI=1S/C24H22N4O4S/c1-32-22-11-10-17(24(29)28-21-9-4-8-20-19(21)7-5-14-26-20)16-23(22)33(30,31)27-15-12-18-6-2-3-13-25-18/h2-11,13-14,16,27H,12,15H2,1H3,(H,28,29). The molecule has 1 amide bonds. The van der Waals surface area contributed by atoms with Crippen LogP contribution in [0.25, 0.3) is 10.9 Å². The third kappa shape index (κ3) is 5.16. The lowest BCUT2D eigenvalue weighted by Crippen LogP contribution is -2.27. The average Bonchev–Trinajstić information content (AvgIpc) is 2.84. The van der Waals surface area contributed by atoms with Gasteiger partial charge in [0.05, 0.1) is 18.3 Å². The first-order valence-electron chi connectivity index (χ1n) is 10.2. The summed E-state index contributed by atoms with van der Waals surface area (Å²) >= 11 is 0. The smallest absolute Gasteiger partial charge is 0.255 e. The number of hydrogen-bond donors (Lipinski definition) is 2. The number of ether oxygens (including phenoxy) is 1. The molecule has 2 N–H and O–H groups in total. The van der Waals surface area contributed by atoms with Crippen LogP contribution in [0.5, 0.6) is 5.75 Å². The zero-order valence-corrected chi connectivity index (χ0v) is 18.7. The van der Waals surface area contributed by atoms with Crippen molar-refractivity contribution in [2.24, 2.45) is 0 Å². The second kappa shape index (κ2) is 9.76. The number of rotatable bonds is 8. The number of sulfonamides is 1. The van der Waals surface area contributed by atoms with Crippen LogP contribution in [-0.2, 0) is 16.4 Å². The van der Waals surface area contributed by atoms with Crippen molar-refractivity contribution in [3.63, 3.8) is 0 Å². The van der Waals surface area contributed by atoms with E-state index in [9.17, 15) is 13.2 Å². The zero-order valence-electron chi connectivity index (χ0n) is 17.9. The summed E-state index contributed by atoms with van der Waals surface area (Å²) in [7, 11) is -2.55. The lowest BCUT2D eigenvalue weighted by Gasteiger charge is -2.13. The Kier molecular flexibility index (Phi) is 6.62. The van der Waals surface area contributed by atoms with Crippen LogP contribution in [0, 0.1) is 0 Å². The third-order valence-electron chi connectivity index (χ3n) is 5.01. The molecule has 0 saturated heterocycles. The minimum absolute atomic E-state index is 0.113. The van der Waals surface area contributed by atoms with Crippen molar-refractivity contribution in [2.75, 3.05) is 19.0 Å². The molecule has 0 spiro atoms. The number of nitrogens with zero attached hydrogens (tertiary/aromatic N) is 2. The molecule has 2 aromatic carbocycles. The van der Waals surface area contributed by atoms with Crippen molar-refractivity contribution in [1.29, 1.82) is 0 Å². The van der Waals surface area contributed by atoms with Crippen LogP contribution in [0.1, 0.15) is 16.1 Å². The zero-order chi connectivity index (χ0) is 23.3. The first-order chi connectivity index (χ1) is 16.0. The first-order valence-corrected chi connectivity index (χ1v) is 11.7. The van der Waals surface area contributed by atoms with E-state index in [-0.39, 0.29) is 22.8 Å². The van der Waals surface area contributed by atoms with E-state index < -0.39 is 15.9 Å². The summed E-state index contributed by atoms with van der Waals surface area (Å²) in [6.07, 6.45) is 3.76. The molecule has 0 atom stereocenters. The molecule has 0 radical (unpaired) electrons. The van der Waals surface area contributed by atoms with Gasteiger partial charge in [0.15, 0.2) is 0 Å². The van der Waals surface area contributed by atoms with E-state index in [1.165, 1.54) is 25.3 Å². The number of anilines is 1. The maximum atomic E-state index is 13.0. The summed E-state index contributed by atoms with van der Waals surface area (Å²) in [5, 5.41) is 3.62. The second-order valence-corrected chi connectivity index (χ2v) is 8.90. The summed E-state index contributed by atoms with van der Waals surface area (Å²) in [6, 6.07) is 18.8. The van der Waals surface area contributed by atoms with Crippen LogP contribution in [0.15, 0.2) is 84.0 Å². The highest BCUT2D eigenvalue weighted by molar-refractivity contribution is 7.89. The number of carbonyl (C=O) groups is 1. The maximum Gasteiger partial charge on any atom is 0.255 e. The summed E-state index contributed by atoms with van der Waals surface area (Å²) in [4.78, 5) is 21.3. The van der Waals surface area contributed by atoms with E-state index in [0.717, 1.165) is 16.6 Å². The third-order valence-corrected chi connectivity index (χ3v) is 6.49. The topological polar surface area (TPSA) is 110 Å². The molecule has 8 nitrogen and oxygen atoms in total. The molecule has 0 bridgehead atoms. The van der Waals surface area contributed by atoms with E-state index in [0.29, 0.717) is 12.1 Å². The molecular weight excluding hydrogens is 440 g/mol. The lowest BCUT2D eigenvalue weighted by molar-refractivity contribution is 0.102. The Morgan fingerprint density at radius 1 is 0.970 bits per heavy atom. The van der Waals surface area contributed by atoms with Gasteiger partial charge in [0.2, 0.25) is 10.0 Å². The molecule has 168 valence electrons. The van der Waals surface area contributed by atoms with Gasteiger partial charge in [-0.25, -0.2) is 13.1 Å². The highest BCUT2D eigenvalue weighted by Crippen LogP contribution is 2.26. The van der Waals surface area contributed by atoms with E-state index in [2.05, 4.69) is 20.0 Å². The van der Waals surface area contributed by atoms with Gasteiger partial charge in [-0.05, 0) is 54.6 Å². The number of pyridine rings is 2. The van der Waals surface area contributed by atoms with Gasteiger partial charge in [-0.2, -0.15) is 0 Å². The minimum Gasteiger partial charge on any atom is -0.495 e. The van der Waals surface area contributed by atoms with Gasteiger partial charge in [-0.1, -0.05) is 12.1 Å². The number of aromatic nitrogens is 2. The number of fused-ring (bicyclic) bond motifs is 1. The van der Waals surface area contributed by atoms with Crippen molar-refractivity contribution < 1.29 is 17.9 Å².